The van der Waals surface area contributed by atoms with Crippen LogP contribution in [0.15, 0.2) is 52.1 Å². The molecule has 140 valence electrons. The molecule has 0 radical (unpaired) electrons. The summed E-state index contributed by atoms with van der Waals surface area (Å²) < 4.78 is 17.9. The van der Waals surface area contributed by atoms with Gasteiger partial charge in [0, 0.05) is 23.2 Å². The second-order valence-electron chi connectivity index (χ2n) is 5.49. The molecule has 0 unspecified atom stereocenters. The first kappa shape index (κ1) is 18.7. The highest BCUT2D eigenvalue weighted by molar-refractivity contribution is 7.07. The summed E-state index contributed by atoms with van der Waals surface area (Å²) in [5.74, 6) is 1.83. The van der Waals surface area contributed by atoms with Gasteiger partial charge in [0.25, 0.3) is 0 Å². The third-order valence-corrected chi connectivity index (χ3v) is 4.70. The molecule has 1 aromatic carbocycles. The van der Waals surface area contributed by atoms with Crippen LogP contribution in [0.5, 0.6) is 17.2 Å². The maximum absolute atomic E-state index is 5.45. The van der Waals surface area contributed by atoms with Crippen molar-refractivity contribution in [3.8, 4) is 17.2 Å². The Hall–Kier alpha value is -3.13. The topological polar surface area (TPSA) is 70.2 Å². The fourth-order valence-electron chi connectivity index (χ4n) is 2.41. The van der Waals surface area contributed by atoms with Gasteiger partial charge in [-0.3, -0.25) is 4.98 Å². The quantitative estimate of drug-likeness (QED) is 0.611. The van der Waals surface area contributed by atoms with Crippen LogP contribution in [0, 0.1) is 6.92 Å². The molecule has 0 saturated carbocycles. The Bertz CT molecular complexity index is 1010. The summed E-state index contributed by atoms with van der Waals surface area (Å²) in [5.41, 5.74) is 2.51. The molecule has 0 atom stereocenters. The maximum atomic E-state index is 5.45. The van der Waals surface area contributed by atoms with Crippen molar-refractivity contribution in [3.05, 3.63) is 58.1 Å². The van der Waals surface area contributed by atoms with Gasteiger partial charge in [0.05, 0.1) is 45.1 Å². The summed E-state index contributed by atoms with van der Waals surface area (Å²) in [6, 6.07) is 7.34. The van der Waals surface area contributed by atoms with E-state index in [1.807, 2.05) is 30.5 Å². The molecule has 2 heterocycles. The molecule has 0 saturated heterocycles. The van der Waals surface area contributed by atoms with E-state index >= 15 is 0 Å². The van der Waals surface area contributed by atoms with Gasteiger partial charge in [0.1, 0.15) is 5.75 Å². The molecular weight excluding hydrogens is 364 g/mol. The van der Waals surface area contributed by atoms with Crippen molar-refractivity contribution in [1.29, 1.82) is 0 Å². The summed E-state index contributed by atoms with van der Waals surface area (Å²) in [6.45, 7) is 1.97. The molecule has 8 heteroatoms. The second-order valence-corrected chi connectivity index (χ2v) is 6.32. The summed E-state index contributed by atoms with van der Waals surface area (Å²) in [7, 11) is 4.78. The van der Waals surface area contributed by atoms with Crippen molar-refractivity contribution in [2.24, 2.45) is 10.1 Å². The average Bonchev–Trinajstić information content (AvgIpc) is 3.05. The number of thiazole rings is 1. The molecule has 0 amide bonds. The van der Waals surface area contributed by atoms with Gasteiger partial charge in [0.15, 0.2) is 11.5 Å². The molecular formula is C19H20N4O3S. The number of aromatic nitrogens is 2. The van der Waals surface area contributed by atoms with Crippen molar-refractivity contribution in [1.82, 2.24) is 9.66 Å². The number of methoxy groups -OCH3 is 3. The van der Waals surface area contributed by atoms with Crippen LogP contribution in [-0.4, -0.2) is 37.2 Å². The Morgan fingerprint density at radius 1 is 1.07 bits per heavy atom. The number of benzene rings is 1. The fourth-order valence-corrected chi connectivity index (χ4v) is 3.23. The molecule has 3 aromatic rings. The van der Waals surface area contributed by atoms with Gasteiger partial charge in [0.2, 0.25) is 4.80 Å². The SMILES string of the molecule is COc1cc(OC)c(OC)cc1C=Nn1c(C)csc1=Nc1cccnc1. The standard InChI is InChI=1S/C19H20N4O3S/c1-13-12-27-19(22-15-6-5-7-20-11-15)23(13)21-10-14-8-17(25-3)18(26-4)9-16(14)24-2/h5-12H,1-4H3. The minimum absolute atomic E-state index is 0.595. The Morgan fingerprint density at radius 2 is 1.81 bits per heavy atom. The molecule has 2 aromatic heterocycles. The molecule has 0 spiro atoms. The van der Waals surface area contributed by atoms with Crippen LogP contribution < -0.4 is 19.0 Å². The fraction of sp³-hybridized carbons (Fsp3) is 0.211. The van der Waals surface area contributed by atoms with Crippen LogP contribution >= 0.6 is 11.3 Å². The maximum Gasteiger partial charge on any atom is 0.211 e. The van der Waals surface area contributed by atoms with E-state index in [0.717, 1.165) is 21.7 Å². The third-order valence-electron chi connectivity index (χ3n) is 3.77. The van der Waals surface area contributed by atoms with Gasteiger partial charge in [-0.1, -0.05) is 0 Å². The molecule has 0 aliphatic carbocycles. The van der Waals surface area contributed by atoms with Crippen molar-refractivity contribution < 1.29 is 14.2 Å². The van der Waals surface area contributed by atoms with Crippen molar-refractivity contribution in [2.75, 3.05) is 21.3 Å². The molecule has 7 nitrogen and oxygen atoms in total. The lowest BCUT2D eigenvalue weighted by atomic mass is 10.2. The monoisotopic (exact) mass is 384 g/mol. The molecule has 0 aliphatic rings. The highest BCUT2D eigenvalue weighted by Crippen LogP contribution is 2.33. The van der Waals surface area contributed by atoms with E-state index in [1.54, 1.807) is 50.7 Å². The molecule has 0 N–H and O–H groups in total. The van der Waals surface area contributed by atoms with E-state index in [4.69, 9.17) is 14.2 Å². The number of hydrogen-bond donors (Lipinski definition) is 0. The Morgan fingerprint density at radius 3 is 2.48 bits per heavy atom. The molecule has 27 heavy (non-hydrogen) atoms. The summed E-state index contributed by atoms with van der Waals surface area (Å²) in [6.07, 6.45) is 5.14. The molecule has 0 fully saturated rings. The highest BCUT2D eigenvalue weighted by Gasteiger charge is 2.11. The number of nitrogens with zero attached hydrogens (tertiary/aromatic N) is 4. The number of hydrogen-bond acceptors (Lipinski definition) is 7. The third kappa shape index (κ3) is 4.17. The van der Waals surface area contributed by atoms with E-state index in [-0.39, 0.29) is 0 Å². The zero-order chi connectivity index (χ0) is 19.2. The van der Waals surface area contributed by atoms with E-state index in [0.29, 0.717) is 17.2 Å². The molecule has 0 bridgehead atoms. The van der Waals surface area contributed by atoms with Crippen molar-refractivity contribution >= 4 is 23.2 Å². The van der Waals surface area contributed by atoms with Crippen LogP contribution in [0.1, 0.15) is 11.3 Å². The number of ether oxygens (including phenoxy) is 3. The Labute approximate surface area is 161 Å². The lowest BCUT2D eigenvalue weighted by Gasteiger charge is -2.11. The predicted octanol–water partition coefficient (Wildman–Crippen LogP) is 3.39. The second kappa shape index (κ2) is 8.50. The minimum atomic E-state index is 0.595. The Balaban J connectivity index is 2.03. The zero-order valence-electron chi connectivity index (χ0n) is 15.5. The van der Waals surface area contributed by atoms with Crippen LogP contribution in [-0.2, 0) is 0 Å². The van der Waals surface area contributed by atoms with Gasteiger partial charge in [-0.25, -0.2) is 9.67 Å². The lowest BCUT2D eigenvalue weighted by molar-refractivity contribution is 0.349. The first-order valence-electron chi connectivity index (χ1n) is 8.12. The number of aryl methyl sites for hydroxylation is 1. The number of pyridine rings is 1. The Kier molecular flexibility index (Phi) is 5.87. The smallest absolute Gasteiger partial charge is 0.211 e. The van der Waals surface area contributed by atoms with Gasteiger partial charge in [-0.05, 0) is 25.1 Å². The minimum Gasteiger partial charge on any atom is -0.496 e. The van der Waals surface area contributed by atoms with Crippen LogP contribution in [0.3, 0.4) is 0 Å². The zero-order valence-corrected chi connectivity index (χ0v) is 16.4. The van der Waals surface area contributed by atoms with Gasteiger partial charge in [-0.15, -0.1) is 11.3 Å². The van der Waals surface area contributed by atoms with E-state index < -0.39 is 0 Å². The molecule has 0 aliphatic heterocycles. The van der Waals surface area contributed by atoms with Gasteiger partial charge < -0.3 is 14.2 Å². The summed E-state index contributed by atoms with van der Waals surface area (Å²) in [4.78, 5) is 9.44. The lowest BCUT2D eigenvalue weighted by Crippen LogP contribution is -2.11. The summed E-state index contributed by atoms with van der Waals surface area (Å²) >= 11 is 1.51. The van der Waals surface area contributed by atoms with E-state index in [1.165, 1.54) is 11.3 Å². The summed E-state index contributed by atoms with van der Waals surface area (Å²) in [5, 5.41) is 6.58. The van der Waals surface area contributed by atoms with E-state index in [2.05, 4.69) is 15.1 Å². The van der Waals surface area contributed by atoms with Gasteiger partial charge in [-0.2, -0.15) is 5.10 Å². The van der Waals surface area contributed by atoms with Crippen molar-refractivity contribution in [3.63, 3.8) is 0 Å². The van der Waals surface area contributed by atoms with E-state index in [9.17, 15) is 0 Å². The van der Waals surface area contributed by atoms with Gasteiger partial charge >= 0.3 is 0 Å². The first-order chi connectivity index (χ1) is 13.2. The normalized spacial score (nSPS) is 11.8. The van der Waals surface area contributed by atoms with Crippen LogP contribution in [0.2, 0.25) is 0 Å². The number of rotatable bonds is 6. The predicted molar refractivity (Wildman–Crippen MR) is 106 cm³/mol. The van der Waals surface area contributed by atoms with Crippen LogP contribution in [0.4, 0.5) is 5.69 Å². The average molecular weight is 384 g/mol. The molecule has 3 rings (SSSR count). The highest BCUT2D eigenvalue weighted by atomic mass is 32.1. The van der Waals surface area contributed by atoms with Crippen molar-refractivity contribution in [2.45, 2.75) is 6.92 Å². The first-order valence-corrected chi connectivity index (χ1v) is 9.00. The largest absolute Gasteiger partial charge is 0.496 e. The van der Waals surface area contributed by atoms with Crippen LogP contribution in [0.25, 0.3) is 0 Å².